The highest BCUT2D eigenvalue weighted by Gasteiger charge is 2.27. The number of para-hydroxylation sites is 3. The van der Waals surface area contributed by atoms with Crippen molar-refractivity contribution in [2.75, 3.05) is 0 Å². The van der Waals surface area contributed by atoms with Crippen LogP contribution in [0.3, 0.4) is 0 Å². The first kappa shape index (κ1) is 58.5. The lowest BCUT2D eigenvalue weighted by atomic mass is 9.97. The van der Waals surface area contributed by atoms with E-state index in [9.17, 15) is 0 Å². The summed E-state index contributed by atoms with van der Waals surface area (Å²) in [5, 5.41) is 27.3. The Labute approximate surface area is 613 Å². The van der Waals surface area contributed by atoms with Crippen molar-refractivity contribution >= 4 is 179 Å². The lowest BCUT2D eigenvalue weighted by molar-refractivity contribution is 0.639. The number of hydrogen-bond acceptors (Lipinski definition) is 7. The third-order valence-electron chi connectivity index (χ3n) is 22.6. The van der Waals surface area contributed by atoms with Crippen molar-refractivity contribution in [2.24, 2.45) is 4.99 Å². The van der Waals surface area contributed by atoms with Crippen LogP contribution >= 0.6 is 11.3 Å². The van der Waals surface area contributed by atoms with Gasteiger partial charge in [-0.15, -0.1) is 11.3 Å². The number of nitrogens with one attached hydrogen (secondary N) is 1. The molecule has 0 amide bonds. The van der Waals surface area contributed by atoms with Gasteiger partial charge < -0.3 is 23.3 Å². The van der Waals surface area contributed by atoms with Crippen molar-refractivity contribution in [3.8, 4) is 45.1 Å². The molecule has 17 aromatic carbocycles. The Kier molecular flexibility index (Phi) is 12.2. The molecular formula is C98H56N6O2S. The van der Waals surface area contributed by atoms with Crippen LogP contribution in [0.2, 0.25) is 0 Å². The average Bonchev–Trinajstić information content (AvgIpc) is 1.61. The zero-order chi connectivity index (χ0) is 69.7. The second kappa shape index (κ2) is 22.3. The van der Waals surface area contributed by atoms with E-state index in [0.29, 0.717) is 5.82 Å². The van der Waals surface area contributed by atoms with Crippen LogP contribution in [0.5, 0.6) is 0 Å². The molecule has 0 aliphatic carbocycles. The van der Waals surface area contributed by atoms with Crippen LogP contribution in [-0.2, 0) is 0 Å². The Morgan fingerprint density at radius 2 is 0.860 bits per heavy atom. The molecule has 23 aromatic rings. The van der Waals surface area contributed by atoms with Crippen LogP contribution in [0.4, 0.5) is 0 Å². The topological polar surface area (TPSA) is 86.3 Å². The largest absolute Gasteiger partial charge is 0.455 e. The molecule has 496 valence electrons. The van der Waals surface area contributed by atoms with Crippen molar-refractivity contribution in [2.45, 2.75) is 6.17 Å². The SMILES string of the molecule is c1ccc(C2=c3ccccc3=NC(c3cc4c5cc(-n6c7ccccc7c7cc8cc(-c9ccc%10c(c9)sc9c(-c%11ccc%12ccccc%12c%11)nc(-c%11cc%12c%13cc(-n%14c%15ccccc%15c%15cc%16ccccc%16cc%15%14)ccc%13oc%12c%12ccccc%11%12)nc9%10)ccc8cc76)ccc5oc4c4ccccc34)N2)cc1. The summed E-state index contributed by atoms with van der Waals surface area (Å²) in [7, 11) is 0. The molecular weight excluding hydrogens is 1330 g/mol. The molecule has 1 atom stereocenters. The third-order valence-corrected chi connectivity index (χ3v) is 23.8. The van der Waals surface area contributed by atoms with Crippen molar-refractivity contribution in [3.05, 3.63) is 349 Å². The highest BCUT2D eigenvalue weighted by molar-refractivity contribution is 7.26. The molecule has 7 heterocycles. The summed E-state index contributed by atoms with van der Waals surface area (Å²) < 4.78 is 20.9. The number of fused-ring (bicyclic) bond motifs is 23. The quantitative estimate of drug-likeness (QED) is 0.172. The molecule has 9 heteroatoms. The van der Waals surface area contributed by atoms with E-state index in [1.165, 1.54) is 43.1 Å². The highest BCUT2D eigenvalue weighted by Crippen LogP contribution is 2.48. The molecule has 6 aromatic heterocycles. The average molecular weight is 1380 g/mol. The molecule has 1 aliphatic rings. The molecule has 1 unspecified atom stereocenters. The molecule has 0 saturated carbocycles. The van der Waals surface area contributed by atoms with Crippen molar-refractivity contribution < 1.29 is 8.83 Å². The van der Waals surface area contributed by atoms with Gasteiger partial charge in [-0.25, -0.2) is 9.97 Å². The number of hydrogen-bond donors (Lipinski definition) is 1. The zero-order valence-corrected chi connectivity index (χ0v) is 58.0. The third kappa shape index (κ3) is 8.74. The van der Waals surface area contributed by atoms with E-state index in [0.717, 1.165) is 185 Å². The van der Waals surface area contributed by atoms with Crippen molar-refractivity contribution in [3.63, 3.8) is 0 Å². The number of nitrogens with zero attached hydrogens (tertiary/aromatic N) is 5. The molecule has 107 heavy (non-hydrogen) atoms. The van der Waals surface area contributed by atoms with E-state index in [4.69, 9.17) is 23.8 Å². The van der Waals surface area contributed by atoms with Crippen LogP contribution in [0.1, 0.15) is 17.3 Å². The Morgan fingerprint density at radius 1 is 0.327 bits per heavy atom. The fourth-order valence-electron chi connectivity index (χ4n) is 17.6. The maximum Gasteiger partial charge on any atom is 0.161 e. The van der Waals surface area contributed by atoms with E-state index in [2.05, 4.69) is 342 Å². The highest BCUT2D eigenvalue weighted by atomic mass is 32.1. The van der Waals surface area contributed by atoms with Crippen LogP contribution in [0.25, 0.3) is 212 Å². The number of benzene rings is 17. The minimum Gasteiger partial charge on any atom is -0.455 e. The van der Waals surface area contributed by atoms with E-state index in [1.807, 2.05) is 0 Å². The van der Waals surface area contributed by atoms with Gasteiger partial charge in [-0.3, -0.25) is 4.99 Å². The number of rotatable bonds is 7. The molecule has 1 N–H and O–H groups in total. The van der Waals surface area contributed by atoms with Crippen LogP contribution in [-0.4, -0.2) is 19.1 Å². The first-order chi connectivity index (χ1) is 53.0. The maximum absolute atomic E-state index is 6.94. The van der Waals surface area contributed by atoms with Gasteiger partial charge in [-0.05, 0) is 169 Å². The van der Waals surface area contributed by atoms with Gasteiger partial charge >= 0.3 is 0 Å². The van der Waals surface area contributed by atoms with Crippen LogP contribution in [0, 0.1) is 0 Å². The molecule has 0 spiro atoms. The number of furan rings is 2. The fraction of sp³-hybridized carbons (Fsp3) is 0.0102. The van der Waals surface area contributed by atoms with Crippen molar-refractivity contribution in [1.82, 2.24) is 24.4 Å². The lowest BCUT2D eigenvalue weighted by Gasteiger charge is -2.24. The van der Waals surface area contributed by atoms with E-state index in [1.54, 1.807) is 11.3 Å². The van der Waals surface area contributed by atoms with E-state index < -0.39 is 0 Å². The van der Waals surface area contributed by atoms with Gasteiger partial charge in [-0.2, -0.15) is 0 Å². The summed E-state index contributed by atoms with van der Waals surface area (Å²) >= 11 is 1.77. The number of aromatic nitrogens is 4. The number of thiophene rings is 1. The Morgan fingerprint density at radius 3 is 1.58 bits per heavy atom. The van der Waals surface area contributed by atoms with Gasteiger partial charge in [0.25, 0.3) is 0 Å². The summed E-state index contributed by atoms with van der Waals surface area (Å²) in [6.45, 7) is 0. The zero-order valence-electron chi connectivity index (χ0n) is 57.2. The second-order valence-corrected chi connectivity index (χ2v) is 29.6. The van der Waals surface area contributed by atoms with Crippen LogP contribution < -0.4 is 15.9 Å². The predicted octanol–water partition coefficient (Wildman–Crippen LogP) is 24.7. The monoisotopic (exact) mass is 1380 g/mol. The van der Waals surface area contributed by atoms with Crippen molar-refractivity contribution in [1.29, 1.82) is 0 Å². The predicted molar refractivity (Wildman–Crippen MR) is 444 cm³/mol. The van der Waals surface area contributed by atoms with Gasteiger partial charge in [0.15, 0.2) is 5.82 Å². The molecule has 1 aliphatic heterocycles. The summed E-state index contributed by atoms with van der Waals surface area (Å²) in [5.41, 5.74) is 19.5. The minimum absolute atomic E-state index is 0.342. The molecule has 0 bridgehead atoms. The second-order valence-electron chi connectivity index (χ2n) is 28.5. The fourth-order valence-corrected chi connectivity index (χ4v) is 18.8. The van der Waals surface area contributed by atoms with Gasteiger partial charge in [0.1, 0.15) is 28.5 Å². The Hall–Kier alpha value is -14.0. The summed E-state index contributed by atoms with van der Waals surface area (Å²) in [4.78, 5) is 16.8. The molecule has 0 saturated heterocycles. The van der Waals surface area contributed by atoms with E-state index >= 15 is 0 Å². The molecule has 24 rings (SSSR count). The Balaban J connectivity index is 0.632. The first-order valence-electron chi connectivity index (χ1n) is 36.4. The molecule has 8 nitrogen and oxygen atoms in total. The van der Waals surface area contributed by atoms with Gasteiger partial charge in [0, 0.05) is 97.2 Å². The van der Waals surface area contributed by atoms with Gasteiger partial charge in [0.2, 0.25) is 0 Å². The van der Waals surface area contributed by atoms with Gasteiger partial charge in [0.05, 0.1) is 49.0 Å². The van der Waals surface area contributed by atoms with Crippen LogP contribution in [0.15, 0.2) is 341 Å². The standard InChI is InChI=1S/C98H56N6O2S/c1-2-19-56(20-3-1)91-73-30-12-15-31-83(73)99-97(100-91)81-53-79-77-52-66(40-43-88(77)105-94(79)71-28-10-8-24-67(71)81)104-85-33-17-14-27-70(85)76-47-64-45-60(35-36-61(64)49-87(76)104)62-38-41-74-90(50-62)107-96-92(63-37-34-55-18-4-5-21-57(55)44-63)101-98(102-93(74)96)82-54-80-78-51-65(39-42-89(78)106-95(80)72-29-11-9-25-68(72)82)103-84-32-16-13-26-69(84)75-46-58-22-6-7-23-59(58)48-86(75)103/h1-54,97,100H. The smallest absolute Gasteiger partial charge is 0.161 e. The molecule has 0 radical (unpaired) electrons. The summed E-state index contributed by atoms with van der Waals surface area (Å²) in [6.07, 6.45) is -0.342. The summed E-state index contributed by atoms with van der Waals surface area (Å²) in [5.74, 6) is 0.663. The van der Waals surface area contributed by atoms with E-state index in [-0.39, 0.29) is 6.17 Å². The normalized spacial score (nSPS) is 13.5. The Bertz CT molecular complexity index is 8010. The van der Waals surface area contributed by atoms with Gasteiger partial charge in [-0.1, -0.05) is 218 Å². The lowest BCUT2D eigenvalue weighted by Crippen LogP contribution is -2.39. The molecule has 0 fully saturated rings. The minimum atomic E-state index is -0.342. The maximum atomic E-state index is 6.94. The summed E-state index contributed by atoms with van der Waals surface area (Å²) in [6, 6.07) is 119. The first-order valence-corrected chi connectivity index (χ1v) is 37.2.